The first kappa shape index (κ1) is 9.92. The minimum absolute atomic E-state index is 0.218. The van der Waals surface area contributed by atoms with Crippen LogP contribution in [0.4, 0.5) is 0 Å². The average Bonchev–Trinajstić information content (AvgIpc) is 2.80. The van der Waals surface area contributed by atoms with Gasteiger partial charge in [-0.05, 0) is 0 Å². The largest absolute Gasteiger partial charge is 0.365 e. The van der Waals surface area contributed by atoms with Gasteiger partial charge in [-0.25, -0.2) is 9.97 Å². The summed E-state index contributed by atoms with van der Waals surface area (Å²) in [5, 5.41) is 0. The number of nitrogens with zero attached hydrogens (tertiary/aromatic N) is 4. The third-order valence-corrected chi connectivity index (χ3v) is 2.42. The van der Waals surface area contributed by atoms with Gasteiger partial charge in [-0.2, -0.15) is 0 Å². The van der Waals surface area contributed by atoms with Gasteiger partial charge in [-0.3, -0.25) is 0 Å². The van der Waals surface area contributed by atoms with E-state index in [1.807, 2.05) is 35.6 Å². The molecule has 0 unspecified atom stereocenters. The first-order valence-electron chi connectivity index (χ1n) is 4.71. The van der Waals surface area contributed by atoms with E-state index in [4.69, 9.17) is 4.74 Å². The van der Waals surface area contributed by atoms with E-state index >= 15 is 0 Å². The molecule has 0 spiro atoms. The van der Waals surface area contributed by atoms with E-state index < -0.39 is 0 Å². The van der Waals surface area contributed by atoms with Crippen molar-refractivity contribution in [2.45, 2.75) is 6.10 Å². The second kappa shape index (κ2) is 3.86. The molecule has 0 aliphatic heterocycles. The van der Waals surface area contributed by atoms with Gasteiger partial charge in [0.1, 0.15) is 11.6 Å². The first-order valence-corrected chi connectivity index (χ1v) is 4.71. The van der Waals surface area contributed by atoms with E-state index in [2.05, 4.69) is 9.97 Å². The molecule has 2 aromatic heterocycles. The molecule has 0 N–H and O–H groups in total. The van der Waals surface area contributed by atoms with E-state index in [9.17, 15) is 0 Å². The Bertz CT molecular complexity index is 405. The zero-order valence-corrected chi connectivity index (χ0v) is 9.08. The topological polar surface area (TPSA) is 44.9 Å². The lowest BCUT2D eigenvalue weighted by Gasteiger charge is -2.14. The predicted molar refractivity (Wildman–Crippen MR) is 55.3 cm³/mol. The number of aryl methyl sites for hydroxylation is 2. The zero-order valence-electron chi connectivity index (χ0n) is 9.08. The van der Waals surface area contributed by atoms with E-state index in [-0.39, 0.29) is 6.10 Å². The highest BCUT2D eigenvalue weighted by Gasteiger charge is 2.21. The van der Waals surface area contributed by atoms with Crippen LogP contribution in [0.3, 0.4) is 0 Å². The molecule has 2 rings (SSSR count). The molecule has 80 valence electrons. The van der Waals surface area contributed by atoms with Gasteiger partial charge in [0.15, 0.2) is 6.10 Å². The predicted octanol–water partition coefficient (Wildman–Crippen LogP) is 0.889. The third kappa shape index (κ3) is 1.66. The van der Waals surface area contributed by atoms with Crippen molar-refractivity contribution >= 4 is 0 Å². The van der Waals surface area contributed by atoms with Crippen molar-refractivity contribution in [1.82, 2.24) is 19.1 Å². The molecule has 0 atom stereocenters. The summed E-state index contributed by atoms with van der Waals surface area (Å²) in [6.45, 7) is 0. The lowest BCUT2D eigenvalue weighted by molar-refractivity contribution is 0.117. The molecule has 0 aliphatic rings. The highest BCUT2D eigenvalue weighted by Crippen LogP contribution is 2.21. The summed E-state index contributed by atoms with van der Waals surface area (Å²) in [6.07, 6.45) is 7.08. The molecule has 0 amide bonds. The second-order valence-corrected chi connectivity index (χ2v) is 3.41. The Kier molecular flexibility index (Phi) is 2.55. The van der Waals surface area contributed by atoms with Gasteiger partial charge >= 0.3 is 0 Å². The van der Waals surface area contributed by atoms with Gasteiger partial charge < -0.3 is 13.9 Å². The quantitative estimate of drug-likeness (QED) is 0.749. The highest BCUT2D eigenvalue weighted by atomic mass is 16.5. The van der Waals surface area contributed by atoms with Crippen LogP contribution < -0.4 is 0 Å². The summed E-state index contributed by atoms with van der Waals surface area (Å²) < 4.78 is 9.30. The van der Waals surface area contributed by atoms with Crippen LogP contribution in [0.1, 0.15) is 17.8 Å². The number of methoxy groups -OCH3 is 1. The Morgan fingerprint density at radius 1 is 1.07 bits per heavy atom. The Hall–Kier alpha value is -1.62. The molecule has 2 heterocycles. The SMILES string of the molecule is COC(c1nccn1C)c1nccn1C. The van der Waals surface area contributed by atoms with Gasteiger partial charge in [0, 0.05) is 46.0 Å². The van der Waals surface area contributed by atoms with E-state index in [0.29, 0.717) is 0 Å². The number of hydrogen-bond donors (Lipinski definition) is 0. The molecule has 2 aromatic rings. The molecular formula is C10H14N4O. The fraction of sp³-hybridized carbons (Fsp3) is 0.400. The molecule has 0 aliphatic carbocycles. The standard InChI is InChI=1S/C10H14N4O/c1-13-6-4-11-9(13)8(15-3)10-12-5-7-14(10)2/h4-8H,1-3H3. The first-order chi connectivity index (χ1) is 7.24. The minimum atomic E-state index is -0.218. The van der Waals surface area contributed by atoms with Crippen LogP contribution in [0.2, 0.25) is 0 Å². The van der Waals surface area contributed by atoms with E-state index in [1.54, 1.807) is 19.5 Å². The molecule has 5 nitrogen and oxygen atoms in total. The van der Waals surface area contributed by atoms with Crippen LogP contribution in [0.15, 0.2) is 24.8 Å². The van der Waals surface area contributed by atoms with Gasteiger partial charge in [0.2, 0.25) is 0 Å². The number of ether oxygens (including phenoxy) is 1. The molecule has 5 heteroatoms. The second-order valence-electron chi connectivity index (χ2n) is 3.41. The van der Waals surface area contributed by atoms with Crippen LogP contribution in [0, 0.1) is 0 Å². The maximum absolute atomic E-state index is 5.43. The number of rotatable bonds is 3. The molecule has 0 bridgehead atoms. The number of hydrogen-bond acceptors (Lipinski definition) is 3. The fourth-order valence-electron chi connectivity index (χ4n) is 1.59. The Morgan fingerprint density at radius 2 is 1.53 bits per heavy atom. The van der Waals surface area contributed by atoms with Crippen molar-refractivity contribution in [3.8, 4) is 0 Å². The van der Waals surface area contributed by atoms with Crippen LogP contribution in [-0.4, -0.2) is 26.2 Å². The van der Waals surface area contributed by atoms with Gasteiger partial charge in [0.05, 0.1) is 0 Å². The Morgan fingerprint density at radius 3 is 1.80 bits per heavy atom. The molecule has 15 heavy (non-hydrogen) atoms. The van der Waals surface area contributed by atoms with Crippen molar-refractivity contribution in [3.05, 3.63) is 36.4 Å². The van der Waals surface area contributed by atoms with Gasteiger partial charge in [0.25, 0.3) is 0 Å². The van der Waals surface area contributed by atoms with Gasteiger partial charge in [-0.1, -0.05) is 0 Å². The lowest BCUT2D eigenvalue weighted by atomic mass is 10.3. The number of aromatic nitrogens is 4. The fourth-order valence-corrected chi connectivity index (χ4v) is 1.59. The van der Waals surface area contributed by atoms with Crippen molar-refractivity contribution in [2.75, 3.05) is 7.11 Å². The molecule has 0 fully saturated rings. The maximum atomic E-state index is 5.43. The zero-order chi connectivity index (χ0) is 10.8. The third-order valence-electron chi connectivity index (χ3n) is 2.42. The normalized spacial score (nSPS) is 11.2. The Labute approximate surface area is 88.3 Å². The lowest BCUT2D eigenvalue weighted by Crippen LogP contribution is -2.14. The Balaban J connectivity index is 2.41. The van der Waals surface area contributed by atoms with Crippen molar-refractivity contribution in [2.24, 2.45) is 14.1 Å². The minimum Gasteiger partial charge on any atom is -0.365 e. The summed E-state index contributed by atoms with van der Waals surface area (Å²) >= 11 is 0. The molecule has 0 saturated carbocycles. The van der Waals surface area contributed by atoms with Crippen LogP contribution in [-0.2, 0) is 18.8 Å². The summed E-state index contributed by atoms with van der Waals surface area (Å²) in [6, 6.07) is 0. The monoisotopic (exact) mass is 206 g/mol. The van der Waals surface area contributed by atoms with Gasteiger partial charge in [-0.15, -0.1) is 0 Å². The van der Waals surface area contributed by atoms with Crippen LogP contribution in [0.5, 0.6) is 0 Å². The van der Waals surface area contributed by atoms with E-state index in [1.165, 1.54) is 0 Å². The van der Waals surface area contributed by atoms with Crippen LogP contribution >= 0.6 is 0 Å². The van der Waals surface area contributed by atoms with Crippen molar-refractivity contribution in [1.29, 1.82) is 0 Å². The van der Waals surface area contributed by atoms with Crippen molar-refractivity contribution in [3.63, 3.8) is 0 Å². The summed E-state index contributed by atoms with van der Waals surface area (Å²) in [5.41, 5.74) is 0. The molecule has 0 aromatic carbocycles. The number of imidazole rings is 2. The molecule has 0 saturated heterocycles. The molecule has 0 radical (unpaired) electrons. The summed E-state index contributed by atoms with van der Waals surface area (Å²) in [7, 11) is 5.54. The smallest absolute Gasteiger partial charge is 0.172 e. The van der Waals surface area contributed by atoms with Crippen LogP contribution in [0.25, 0.3) is 0 Å². The molecular weight excluding hydrogens is 192 g/mol. The summed E-state index contributed by atoms with van der Waals surface area (Å²) in [4.78, 5) is 8.54. The van der Waals surface area contributed by atoms with Crippen molar-refractivity contribution < 1.29 is 4.74 Å². The average molecular weight is 206 g/mol. The van der Waals surface area contributed by atoms with E-state index in [0.717, 1.165) is 11.6 Å². The maximum Gasteiger partial charge on any atom is 0.172 e. The highest BCUT2D eigenvalue weighted by molar-refractivity contribution is 5.10. The summed E-state index contributed by atoms with van der Waals surface area (Å²) in [5.74, 6) is 1.71.